The van der Waals surface area contributed by atoms with Crippen molar-refractivity contribution in [2.75, 3.05) is 6.61 Å². The molecule has 0 aliphatic heterocycles. The molecule has 2 N–H and O–H groups in total. The van der Waals surface area contributed by atoms with Gasteiger partial charge in [0.1, 0.15) is 6.10 Å². The van der Waals surface area contributed by atoms with Gasteiger partial charge in [0.05, 0.1) is 19.1 Å². The number of amides is 1. The smallest absolute Gasteiger partial charge is 0.246 e. The second-order valence-electron chi connectivity index (χ2n) is 1.82. The van der Waals surface area contributed by atoms with Crippen LogP contribution in [0, 0.1) is 11.3 Å². The van der Waals surface area contributed by atoms with Crippen molar-refractivity contribution in [3.63, 3.8) is 0 Å². The maximum atomic E-state index is 10.3. The fourth-order valence-corrected chi connectivity index (χ4v) is 0.363. The van der Waals surface area contributed by atoms with Crippen LogP contribution in [0.3, 0.4) is 0 Å². The number of nitrogens with zero attached hydrogens (tertiary/aromatic N) is 1. The fraction of sp³-hybridized carbons (Fsp3) is 0.667. The van der Waals surface area contributed by atoms with Gasteiger partial charge in [-0.25, -0.2) is 0 Å². The molecule has 0 aromatic carbocycles. The highest BCUT2D eigenvalue weighted by atomic mass is 16.5. The summed E-state index contributed by atoms with van der Waals surface area (Å²) in [5, 5.41) is 8.07. The zero-order valence-corrected chi connectivity index (χ0v) is 5.83. The van der Waals surface area contributed by atoms with Gasteiger partial charge < -0.3 is 10.5 Å². The minimum Gasteiger partial charge on any atom is -0.368 e. The van der Waals surface area contributed by atoms with Crippen LogP contribution >= 0.6 is 0 Å². The third-order valence-corrected chi connectivity index (χ3v) is 0.982. The number of nitrogens with two attached hydrogens (primary N) is 1. The number of hydrogen-bond acceptors (Lipinski definition) is 3. The number of rotatable bonds is 4. The Labute approximate surface area is 59.6 Å². The van der Waals surface area contributed by atoms with Gasteiger partial charge in [-0.1, -0.05) is 0 Å². The van der Waals surface area contributed by atoms with E-state index in [4.69, 9.17) is 15.7 Å². The highest BCUT2D eigenvalue weighted by Gasteiger charge is 2.06. The lowest BCUT2D eigenvalue weighted by molar-refractivity contribution is -0.128. The van der Waals surface area contributed by atoms with E-state index in [2.05, 4.69) is 0 Å². The normalized spacial score (nSPS) is 12.0. The van der Waals surface area contributed by atoms with Crippen LogP contribution in [0.25, 0.3) is 0 Å². The van der Waals surface area contributed by atoms with E-state index < -0.39 is 12.0 Å². The van der Waals surface area contributed by atoms with Gasteiger partial charge in [0, 0.05) is 0 Å². The van der Waals surface area contributed by atoms with Crippen molar-refractivity contribution in [2.24, 2.45) is 5.73 Å². The minimum atomic E-state index is -0.589. The molecular formula is C6H10N2O2. The first kappa shape index (κ1) is 8.92. The first-order valence-electron chi connectivity index (χ1n) is 2.96. The number of carbonyl (C=O) groups excluding carboxylic acids is 1. The summed E-state index contributed by atoms with van der Waals surface area (Å²) < 4.78 is 4.85. The number of ether oxygens (including phenoxy) is 1. The molecule has 4 heteroatoms. The summed E-state index contributed by atoms with van der Waals surface area (Å²) in [5.41, 5.74) is 4.87. The van der Waals surface area contributed by atoms with Gasteiger partial charge >= 0.3 is 0 Å². The molecule has 0 saturated heterocycles. The molecule has 0 bridgehead atoms. The second kappa shape index (κ2) is 4.77. The standard InChI is InChI=1S/C6H10N2O2/c1-5(6(8)9)10-4-2-3-7/h5H,2,4H2,1H3,(H2,8,9). The minimum absolute atomic E-state index is 0.264. The van der Waals surface area contributed by atoms with Crippen molar-refractivity contribution in [1.29, 1.82) is 5.26 Å². The molecule has 0 fully saturated rings. The van der Waals surface area contributed by atoms with E-state index in [1.165, 1.54) is 0 Å². The van der Waals surface area contributed by atoms with Crippen molar-refractivity contribution >= 4 is 5.91 Å². The van der Waals surface area contributed by atoms with Crippen molar-refractivity contribution in [1.82, 2.24) is 0 Å². The largest absolute Gasteiger partial charge is 0.368 e. The van der Waals surface area contributed by atoms with E-state index in [1.54, 1.807) is 6.92 Å². The highest BCUT2D eigenvalue weighted by Crippen LogP contribution is 1.89. The van der Waals surface area contributed by atoms with Crippen LogP contribution in [0.15, 0.2) is 0 Å². The van der Waals surface area contributed by atoms with E-state index in [0.29, 0.717) is 0 Å². The Hall–Kier alpha value is -1.08. The molecule has 4 nitrogen and oxygen atoms in total. The predicted octanol–water partition coefficient (Wildman–Crippen LogP) is -0.210. The molecule has 0 aliphatic rings. The lowest BCUT2D eigenvalue weighted by Crippen LogP contribution is -2.28. The van der Waals surface area contributed by atoms with Crippen LogP contribution < -0.4 is 5.73 Å². The first-order chi connectivity index (χ1) is 4.68. The maximum absolute atomic E-state index is 10.3. The third-order valence-electron chi connectivity index (χ3n) is 0.982. The van der Waals surface area contributed by atoms with Crippen LogP contribution in [-0.2, 0) is 9.53 Å². The summed E-state index contributed by atoms with van der Waals surface area (Å²) in [5.74, 6) is -0.502. The Morgan fingerprint density at radius 3 is 2.90 bits per heavy atom. The molecule has 0 aromatic heterocycles. The van der Waals surface area contributed by atoms with Gasteiger partial charge in [0.2, 0.25) is 5.91 Å². The zero-order chi connectivity index (χ0) is 7.98. The Morgan fingerprint density at radius 2 is 2.50 bits per heavy atom. The summed E-state index contributed by atoms with van der Waals surface area (Å²) in [6.45, 7) is 1.82. The summed E-state index contributed by atoms with van der Waals surface area (Å²) in [6, 6.07) is 1.88. The molecule has 0 saturated carbocycles. The second-order valence-corrected chi connectivity index (χ2v) is 1.82. The van der Waals surface area contributed by atoms with E-state index >= 15 is 0 Å². The highest BCUT2D eigenvalue weighted by molar-refractivity contribution is 5.78. The number of carbonyl (C=O) groups is 1. The van der Waals surface area contributed by atoms with Crippen LogP contribution in [-0.4, -0.2) is 18.6 Å². The van der Waals surface area contributed by atoms with Crippen LogP contribution in [0.1, 0.15) is 13.3 Å². The van der Waals surface area contributed by atoms with E-state index in [1.807, 2.05) is 6.07 Å². The molecule has 1 amide bonds. The predicted molar refractivity (Wildman–Crippen MR) is 34.8 cm³/mol. The van der Waals surface area contributed by atoms with Gasteiger partial charge in [-0.05, 0) is 6.92 Å². The van der Waals surface area contributed by atoms with E-state index in [9.17, 15) is 4.79 Å². The van der Waals surface area contributed by atoms with E-state index in [-0.39, 0.29) is 13.0 Å². The van der Waals surface area contributed by atoms with Gasteiger partial charge in [0.15, 0.2) is 0 Å². The topological polar surface area (TPSA) is 76.1 Å². The quantitative estimate of drug-likeness (QED) is 0.552. The Bertz CT molecular complexity index is 150. The fourth-order valence-electron chi connectivity index (χ4n) is 0.363. The SMILES string of the molecule is CC(OCCC#N)C(N)=O. The summed E-state index contributed by atoms with van der Waals surface area (Å²) in [7, 11) is 0. The molecule has 0 heterocycles. The zero-order valence-electron chi connectivity index (χ0n) is 5.83. The average molecular weight is 142 g/mol. The lowest BCUT2D eigenvalue weighted by Gasteiger charge is -2.05. The van der Waals surface area contributed by atoms with Gasteiger partial charge in [-0.15, -0.1) is 0 Å². The molecule has 1 atom stereocenters. The van der Waals surface area contributed by atoms with Crippen molar-refractivity contribution in [3.05, 3.63) is 0 Å². The molecule has 0 spiro atoms. The molecule has 56 valence electrons. The van der Waals surface area contributed by atoms with Crippen molar-refractivity contribution in [3.8, 4) is 6.07 Å². The number of hydrogen-bond donors (Lipinski definition) is 1. The van der Waals surface area contributed by atoms with Gasteiger partial charge in [-0.2, -0.15) is 5.26 Å². The molecule has 0 aliphatic carbocycles. The summed E-state index contributed by atoms with van der Waals surface area (Å²) in [4.78, 5) is 10.3. The Kier molecular flexibility index (Phi) is 4.25. The first-order valence-corrected chi connectivity index (χ1v) is 2.96. The molecular weight excluding hydrogens is 132 g/mol. The molecule has 10 heavy (non-hydrogen) atoms. The molecule has 1 unspecified atom stereocenters. The average Bonchev–Trinajstić information content (AvgIpc) is 1.88. The Morgan fingerprint density at radius 1 is 1.90 bits per heavy atom. The number of nitriles is 1. The van der Waals surface area contributed by atoms with E-state index in [0.717, 1.165) is 0 Å². The third kappa shape index (κ3) is 3.87. The Balaban J connectivity index is 3.32. The monoisotopic (exact) mass is 142 g/mol. The lowest BCUT2D eigenvalue weighted by atomic mass is 10.4. The van der Waals surface area contributed by atoms with Crippen LogP contribution in [0.2, 0.25) is 0 Å². The summed E-state index contributed by atoms with van der Waals surface area (Å²) in [6.07, 6.45) is -0.300. The molecule has 0 aromatic rings. The molecule has 0 radical (unpaired) electrons. The van der Waals surface area contributed by atoms with Gasteiger partial charge in [-0.3, -0.25) is 4.79 Å². The van der Waals surface area contributed by atoms with Gasteiger partial charge in [0.25, 0.3) is 0 Å². The van der Waals surface area contributed by atoms with Crippen molar-refractivity contribution in [2.45, 2.75) is 19.4 Å². The van der Waals surface area contributed by atoms with Crippen LogP contribution in [0.4, 0.5) is 0 Å². The van der Waals surface area contributed by atoms with Crippen LogP contribution in [0.5, 0.6) is 0 Å². The summed E-state index contributed by atoms with van der Waals surface area (Å²) >= 11 is 0. The number of primary amides is 1. The van der Waals surface area contributed by atoms with Crippen molar-refractivity contribution < 1.29 is 9.53 Å². The maximum Gasteiger partial charge on any atom is 0.246 e. The molecule has 0 rings (SSSR count).